The fourth-order valence-corrected chi connectivity index (χ4v) is 2.71. The molecule has 1 aromatic rings. The van der Waals surface area contributed by atoms with Crippen molar-refractivity contribution in [1.29, 1.82) is 0 Å². The summed E-state index contributed by atoms with van der Waals surface area (Å²) < 4.78 is 10.9. The van der Waals surface area contributed by atoms with Crippen molar-refractivity contribution in [3.05, 3.63) is 24.3 Å². The van der Waals surface area contributed by atoms with Crippen molar-refractivity contribution in [2.75, 3.05) is 20.3 Å². The fraction of sp³-hybridized carbons (Fsp3) is 0.625. The van der Waals surface area contributed by atoms with Crippen LogP contribution in [-0.2, 0) is 0 Å². The lowest BCUT2D eigenvalue weighted by Crippen LogP contribution is -2.36. The van der Waals surface area contributed by atoms with Gasteiger partial charge in [0.15, 0.2) is 0 Å². The lowest BCUT2D eigenvalue weighted by molar-refractivity contribution is 0.292. The Kier molecular flexibility index (Phi) is 3.92. The summed E-state index contributed by atoms with van der Waals surface area (Å²) in [7, 11) is 1.68. The molecule has 19 heavy (non-hydrogen) atoms. The average Bonchev–Trinajstić information content (AvgIpc) is 3.31. The molecule has 3 nitrogen and oxygen atoms in total. The lowest BCUT2D eigenvalue weighted by atomic mass is 10.1. The molecule has 0 aliphatic heterocycles. The Hall–Kier alpha value is -1.22. The average molecular weight is 261 g/mol. The van der Waals surface area contributed by atoms with Crippen LogP contribution in [0.5, 0.6) is 11.5 Å². The first-order valence-electron chi connectivity index (χ1n) is 7.37. The SMILES string of the molecule is COc1cccc(OCCNC(C2CC2)C2CC2)c1. The third-order valence-corrected chi connectivity index (χ3v) is 4.05. The molecule has 0 atom stereocenters. The van der Waals surface area contributed by atoms with E-state index in [0.717, 1.165) is 42.5 Å². The first-order chi connectivity index (χ1) is 9.36. The molecular formula is C16H23NO2. The Morgan fingerprint density at radius 2 is 1.84 bits per heavy atom. The third kappa shape index (κ3) is 3.63. The maximum absolute atomic E-state index is 5.76. The molecule has 0 unspecified atom stereocenters. The van der Waals surface area contributed by atoms with E-state index in [4.69, 9.17) is 9.47 Å². The van der Waals surface area contributed by atoms with Gasteiger partial charge in [-0.1, -0.05) is 6.07 Å². The normalized spacial score (nSPS) is 18.6. The van der Waals surface area contributed by atoms with E-state index in [1.165, 1.54) is 25.7 Å². The van der Waals surface area contributed by atoms with E-state index in [0.29, 0.717) is 0 Å². The zero-order valence-electron chi connectivity index (χ0n) is 11.6. The quantitative estimate of drug-likeness (QED) is 0.730. The highest BCUT2D eigenvalue weighted by atomic mass is 16.5. The molecular weight excluding hydrogens is 238 g/mol. The number of nitrogens with one attached hydrogen (secondary N) is 1. The molecule has 1 aromatic carbocycles. The standard InChI is InChI=1S/C16H23NO2/c1-18-14-3-2-4-15(11-14)19-10-9-17-16(12-5-6-12)13-7-8-13/h2-4,11-13,16-17H,5-10H2,1H3. The smallest absolute Gasteiger partial charge is 0.123 e. The van der Waals surface area contributed by atoms with Crippen molar-refractivity contribution >= 4 is 0 Å². The summed E-state index contributed by atoms with van der Waals surface area (Å²) in [4.78, 5) is 0. The van der Waals surface area contributed by atoms with Crippen LogP contribution in [0.3, 0.4) is 0 Å². The van der Waals surface area contributed by atoms with Crippen LogP contribution in [0.25, 0.3) is 0 Å². The third-order valence-electron chi connectivity index (χ3n) is 4.05. The fourth-order valence-electron chi connectivity index (χ4n) is 2.71. The number of hydrogen-bond acceptors (Lipinski definition) is 3. The molecule has 0 aromatic heterocycles. The Morgan fingerprint density at radius 3 is 2.47 bits per heavy atom. The first-order valence-corrected chi connectivity index (χ1v) is 7.37. The largest absolute Gasteiger partial charge is 0.497 e. The van der Waals surface area contributed by atoms with E-state index in [2.05, 4.69) is 5.32 Å². The van der Waals surface area contributed by atoms with Gasteiger partial charge in [0.05, 0.1) is 7.11 Å². The molecule has 0 saturated heterocycles. The van der Waals surface area contributed by atoms with Gasteiger partial charge in [-0.15, -0.1) is 0 Å². The van der Waals surface area contributed by atoms with Gasteiger partial charge in [-0.2, -0.15) is 0 Å². The van der Waals surface area contributed by atoms with Crippen molar-refractivity contribution in [3.8, 4) is 11.5 Å². The van der Waals surface area contributed by atoms with Crippen molar-refractivity contribution in [1.82, 2.24) is 5.32 Å². The van der Waals surface area contributed by atoms with Gasteiger partial charge < -0.3 is 14.8 Å². The van der Waals surface area contributed by atoms with Crippen LogP contribution in [-0.4, -0.2) is 26.3 Å². The molecule has 0 amide bonds. The lowest BCUT2D eigenvalue weighted by Gasteiger charge is -2.17. The van der Waals surface area contributed by atoms with E-state index < -0.39 is 0 Å². The van der Waals surface area contributed by atoms with Gasteiger partial charge in [0.2, 0.25) is 0 Å². The van der Waals surface area contributed by atoms with Gasteiger partial charge in [0.1, 0.15) is 18.1 Å². The second-order valence-corrected chi connectivity index (χ2v) is 5.68. The van der Waals surface area contributed by atoms with Crippen LogP contribution >= 0.6 is 0 Å². The summed E-state index contributed by atoms with van der Waals surface area (Å²) >= 11 is 0. The maximum atomic E-state index is 5.76. The summed E-state index contributed by atoms with van der Waals surface area (Å²) in [6.45, 7) is 1.66. The molecule has 0 heterocycles. The molecule has 2 aliphatic carbocycles. The number of ether oxygens (including phenoxy) is 2. The zero-order valence-corrected chi connectivity index (χ0v) is 11.6. The van der Waals surface area contributed by atoms with Crippen molar-refractivity contribution < 1.29 is 9.47 Å². The minimum absolute atomic E-state index is 0.725. The number of methoxy groups -OCH3 is 1. The topological polar surface area (TPSA) is 30.5 Å². The van der Waals surface area contributed by atoms with Crippen molar-refractivity contribution in [3.63, 3.8) is 0 Å². The van der Waals surface area contributed by atoms with E-state index in [1.54, 1.807) is 7.11 Å². The highest BCUT2D eigenvalue weighted by Gasteiger charge is 2.40. The van der Waals surface area contributed by atoms with Gasteiger partial charge in [-0.25, -0.2) is 0 Å². The molecule has 3 rings (SSSR count). The molecule has 2 saturated carbocycles. The molecule has 104 valence electrons. The summed E-state index contributed by atoms with van der Waals surface area (Å²) in [6.07, 6.45) is 5.69. The Bertz CT molecular complexity index is 401. The van der Waals surface area contributed by atoms with Crippen molar-refractivity contribution in [2.24, 2.45) is 11.8 Å². The monoisotopic (exact) mass is 261 g/mol. The van der Waals surface area contributed by atoms with Gasteiger partial charge in [-0.05, 0) is 49.7 Å². The van der Waals surface area contributed by atoms with E-state index in [1.807, 2.05) is 24.3 Å². The van der Waals surface area contributed by atoms with Crippen LogP contribution in [0.2, 0.25) is 0 Å². The summed E-state index contributed by atoms with van der Waals surface area (Å²) in [5.41, 5.74) is 0. The molecule has 2 fully saturated rings. The van der Waals surface area contributed by atoms with Gasteiger partial charge in [-0.3, -0.25) is 0 Å². The van der Waals surface area contributed by atoms with Gasteiger partial charge >= 0.3 is 0 Å². The number of benzene rings is 1. The van der Waals surface area contributed by atoms with Crippen LogP contribution < -0.4 is 14.8 Å². The van der Waals surface area contributed by atoms with Crippen LogP contribution in [0, 0.1) is 11.8 Å². The zero-order chi connectivity index (χ0) is 13.1. The predicted octanol–water partition coefficient (Wildman–Crippen LogP) is 2.85. The van der Waals surface area contributed by atoms with E-state index in [-0.39, 0.29) is 0 Å². The minimum atomic E-state index is 0.725. The minimum Gasteiger partial charge on any atom is -0.497 e. The van der Waals surface area contributed by atoms with E-state index in [9.17, 15) is 0 Å². The molecule has 0 radical (unpaired) electrons. The van der Waals surface area contributed by atoms with Crippen LogP contribution in [0.1, 0.15) is 25.7 Å². The van der Waals surface area contributed by atoms with Gasteiger partial charge in [0.25, 0.3) is 0 Å². The van der Waals surface area contributed by atoms with Crippen LogP contribution in [0.15, 0.2) is 24.3 Å². The van der Waals surface area contributed by atoms with Crippen molar-refractivity contribution in [2.45, 2.75) is 31.7 Å². The van der Waals surface area contributed by atoms with E-state index >= 15 is 0 Å². The Morgan fingerprint density at radius 1 is 1.16 bits per heavy atom. The molecule has 0 bridgehead atoms. The summed E-state index contributed by atoms with van der Waals surface area (Å²) in [5, 5.41) is 3.69. The molecule has 0 spiro atoms. The predicted molar refractivity (Wildman–Crippen MR) is 75.7 cm³/mol. The maximum Gasteiger partial charge on any atom is 0.123 e. The molecule has 2 aliphatic rings. The highest BCUT2D eigenvalue weighted by Crippen LogP contribution is 2.44. The van der Waals surface area contributed by atoms with Crippen LogP contribution in [0.4, 0.5) is 0 Å². The molecule has 3 heteroatoms. The first kappa shape index (κ1) is 12.8. The summed E-state index contributed by atoms with van der Waals surface area (Å²) in [6, 6.07) is 8.55. The molecule has 1 N–H and O–H groups in total. The highest BCUT2D eigenvalue weighted by molar-refractivity contribution is 5.32. The summed E-state index contributed by atoms with van der Waals surface area (Å²) in [5.74, 6) is 3.63. The number of rotatable bonds is 8. The Labute approximate surface area is 115 Å². The van der Waals surface area contributed by atoms with Gasteiger partial charge in [0, 0.05) is 18.7 Å². The second-order valence-electron chi connectivity index (χ2n) is 5.68. The second kappa shape index (κ2) is 5.83. The number of hydrogen-bond donors (Lipinski definition) is 1. The Balaban J connectivity index is 1.39.